The van der Waals surface area contributed by atoms with E-state index in [9.17, 15) is 13.2 Å². The summed E-state index contributed by atoms with van der Waals surface area (Å²) < 4.78 is 37.3. The summed E-state index contributed by atoms with van der Waals surface area (Å²) in [6, 6.07) is 12.7. The molecule has 0 aliphatic rings. The Morgan fingerprint density at radius 2 is 1.62 bits per heavy atom. The number of amides is 1. The highest BCUT2D eigenvalue weighted by atomic mass is 32.2. The van der Waals surface area contributed by atoms with Crippen molar-refractivity contribution >= 4 is 21.6 Å². The Balaban J connectivity index is 1.97. The van der Waals surface area contributed by atoms with Gasteiger partial charge in [-0.15, -0.1) is 0 Å². The molecule has 7 nitrogen and oxygen atoms in total. The van der Waals surface area contributed by atoms with Crippen LogP contribution in [0.4, 0.5) is 5.69 Å². The molecule has 158 valence electrons. The summed E-state index contributed by atoms with van der Waals surface area (Å²) in [4.78, 5) is 11.9. The molecule has 0 saturated carbocycles. The molecule has 0 aromatic heterocycles. The van der Waals surface area contributed by atoms with Crippen LogP contribution in [0.2, 0.25) is 0 Å². The molecule has 0 radical (unpaired) electrons. The first-order chi connectivity index (χ1) is 13.7. The van der Waals surface area contributed by atoms with Crippen molar-refractivity contribution in [3.8, 4) is 11.5 Å². The van der Waals surface area contributed by atoms with Gasteiger partial charge in [0, 0.05) is 13.6 Å². The van der Waals surface area contributed by atoms with Crippen LogP contribution in [-0.2, 0) is 14.8 Å². The minimum atomic E-state index is -3.70. The Morgan fingerprint density at radius 3 is 2.17 bits per heavy atom. The molecule has 0 saturated heterocycles. The standard InChI is InChI=1S/C21H28N2O5S/c1-16(2)13-14-22-21(24)15-28-19-7-5-17(6-8-19)23(3)29(25,26)20-11-9-18(27-4)10-12-20/h5-12,16H,13-15H2,1-4H3,(H,22,24). The zero-order valence-corrected chi connectivity index (χ0v) is 18.0. The molecule has 2 aromatic rings. The Kier molecular flexibility index (Phi) is 7.90. The predicted octanol–water partition coefficient (Wildman–Crippen LogP) is 3.06. The first-order valence-electron chi connectivity index (χ1n) is 9.36. The first-order valence-corrected chi connectivity index (χ1v) is 10.8. The van der Waals surface area contributed by atoms with Crippen LogP contribution in [-0.4, -0.2) is 41.6 Å². The third-order valence-corrected chi connectivity index (χ3v) is 6.13. The van der Waals surface area contributed by atoms with Crippen LogP contribution in [0.3, 0.4) is 0 Å². The van der Waals surface area contributed by atoms with Gasteiger partial charge in [-0.1, -0.05) is 13.8 Å². The number of sulfonamides is 1. The molecule has 1 N–H and O–H groups in total. The van der Waals surface area contributed by atoms with Crippen LogP contribution < -0.4 is 19.1 Å². The van der Waals surface area contributed by atoms with Crippen LogP contribution in [0.15, 0.2) is 53.4 Å². The second-order valence-electron chi connectivity index (χ2n) is 6.96. The summed E-state index contributed by atoms with van der Waals surface area (Å²) in [6.07, 6.45) is 0.912. The number of nitrogens with zero attached hydrogens (tertiary/aromatic N) is 1. The van der Waals surface area contributed by atoms with Gasteiger partial charge in [0.25, 0.3) is 15.9 Å². The number of methoxy groups -OCH3 is 1. The molecule has 0 unspecified atom stereocenters. The highest BCUT2D eigenvalue weighted by molar-refractivity contribution is 7.92. The maximum Gasteiger partial charge on any atom is 0.264 e. The number of benzene rings is 2. The minimum absolute atomic E-state index is 0.0859. The lowest BCUT2D eigenvalue weighted by Crippen LogP contribution is -2.30. The summed E-state index contributed by atoms with van der Waals surface area (Å²) in [5.41, 5.74) is 0.481. The molecule has 1 amide bonds. The second kappa shape index (κ2) is 10.2. The average molecular weight is 421 g/mol. The van der Waals surface area contributed by atoms with Gasteiger partial charge in [0.05, 0.1) is 17.7 Å². The third kappa shape index (κ3) is 6.39. The van der Waals surface area contributed by atoms with E-state index in [1.807, 2.05) is 0 Å². The number of hydrogen-bond acceptors (Lipinski definition) is 5. The van der Waals surface area contributed by atoms with Crippen LogP contribution in [0, 0.1) is 5.92 Å². The largest absolute Gasteiger partial charge is 0.497 e. The van der Waals surface area contributed by atoms with Gasteiger partial charge in [0.1, 0.15) is 11.5 Å². The highest BCUT2D eigenvalue weighted by Crippen LogP contribution is 2.25. The number of nitrogens with one attached hydrogen (secondary N) is 1. The normalized spacial score (nSPS) is 11.2. The lowest BCUT2D eigenvalue weighted by Gasteiger charge is -2.20. The van der Waals surface area contributed by atoms with Gasteiger partial charge < -0.3 is 14.8 Å². The summed E-state index contributed by atoms with van der Waals surface area (Å²) in [5, 5.41) is 2.80. The highest BCUT2D eigenvalue weighted by Gasteiger charge is 2.21. The minimum Gasteiger partial charge on any atom is -0.497 e. The van der Waals surface area contributed by atoms with Crippen molar-refractivity contribution in [3.63, 3.8) is 0 Å². The van der Waals surface area contributed by atoms with Crippen LogP contribution >= 0.6 is 0 Å². The van der Waals surface area contributed by atoms with Crippen molar-refractivity contribution in [2.24, 2.45) is 5.92 Å². The van der Waals surface area contributed by atoms with Gasteiger partial charge in [-0.3, -0.25) is 9.10 Å². The van der Waals surface area contributed by atoms with E-state index >= 15 is 0 Å². The number of hydrogen-bond donors (Lipinski definition) is 1. The first kappa shape index (κ1) is 22.5. The molecular formula is C21H28N2O5S. The quantitative estimate of drug-likeness (QED) is 0.639. The fourth-order valence-corrected chi connectivity index (χ4v) is 3.69. The molecule has 0 bridgehead atoms. The van der Waals surface area contributed by atoms with Crippen molar-refractivity contribution in [3.05, 3.63) is 48.5 Å². The van der Waals surface area contributed by atoms with Gasteiger partial charge in [-0.05, 0) is 60.9 Å². The van der Waals surface area contributed by atoms with Crippen molar-refractivity contribution in [1.29, 1.82) is 0 Å². The third-order valence-electron chi connectivity index (χ3n) is 4.33. The molecule has 2 aromatic carbocycles. The van der Waals surface area contributed by atoms with Gasteiger partial charge in [-0.2, -0.15) is 0 Å². The van der Waals surface area contributed by atoms with E-state index in [-0.39, 0.29) is 17.4 Å². The number of anilines is 1. The lowest BCUT2D eigenvalue weighted by atomic mass is 10.1. The van der Waals surface area contributed by atoms with Crippen molar-refractivity contribution in [1.82, 2.24) is 5.32 Å². The number of carbonyl (C=O) groups excluding carboxylic acids is 1. The van der Waals surface area contributed by atoms with E-state index in [1.165, 1.54) is 30.6 Å². The predicted molar refractivity (Wildman–Crippen MR) is 113 cm³/mol. The molecule has 0 aliphatic heterocycles. The molecule has 0 atom stereocenters. The Morgan fingerprint density at radius 1 is 1.03 bits per heavy atom. The van der Waals surface area contributed by atoms with Gasteiger partial charge in [0.15, 0.2) is 6.61 Å². The number of ether oxygens (including phenoxy) is 2. The van der Waals surface area contributed by atoms with Crippen molar-refractivity contribution < 1.29 is 22.7 Å². The molecule has 29 heavy (non-hydrogen) atoms. The van der Waals surface area contributed by atoms with E-state index in [4.69, 9.17) is 9.47 Å². The monoisotopic (exact) mass is 420 g/mol. The Labute approximate surface area is 172 Å². The molecular weight excluding hydrogens is 392 g/mol. The molecule has 8 heteroatoms. The maximum absolute atomic E-state index is 12.8. The van der Waals surface area contributed by atoms with Crippen LogP contribution in [0.25, 0.3) is 0 Å². The zero-order valence-electron chi connectivity index (χ0n) is 17.2. The number of rotatable bonds is 10. The Hall–Kier alpha value is -2.74. The topological polar surface area (TPSA) is 84.9 Å². The van der Waals surface area contributed by atoms with Crippen LogP contribution in [0.1, 0.15) is 20.3 Å². The van der Waals surface area contributed by atoms with E-state index in [0.29, 0.717) is 29.6 Å². The van der Waals surface area contributed by atoms with Gasteiger partial charge in [0.2, 0.25) is 0 Å². The van der Waals surface area contributed by atoms with E-state index < -0.39 is 10.0 Å². The van der Waals surface area contributed by atoms with E-state index in [1.54, 1.807) is 36.4 Å². The fourth-order valence-electron chi connectivity index (χ4n) is 2.50. The SMILES string of the molecule is COc1ccc(S(=O)(=O)N(C)c2ccc(OCC(=O)NCCC(C)C)cc2)cc1. The van der Waals surface area contributed by atoms with Gasteiger partial charge in [-0.25, -0.2) is 8.42 Å². The summed E-state index contributed by atoms with van der Waals surface area (Å²) >= 11 is 0. The lowest BCUT2D eigenvalue weighted by molar-refractivity contribution is -0.123. The summed E-state index contributed by atoms with van der Waals surface area (Å²) in [5.74, 6) is 1.41. The van der Waals surface area contributed by atoms with Gasteiger partial charge >= 0.3 is 0 Å². The van der Waals surface area contributed by atoms with Crippen molar-refractivity contribution in [2.75, 3.05) is 31.6 Å². The summed E-state index contributed by atoms with van der Waals surface area (Å²) in [6.45, 7) is 4.72. The molecule has 0 aliphatic carbocycles. The zero-order chi connectivity index (χ0) is 21.4. The van der Waals surface area contributed by atoms with E-state index in [0.717, 1.165) is 6.42 Å². The smallest absolute Gasteiger partial charge is 0.264 e. The molecule has 0 fully saturated rings. The maximum atomic E-state index is 12.8. The van der Waals surface area contributed by atoms with Crippen LogP contribution in [0.5, 0.6) is 11.5 Å². The molecule has 0 spiro atoms. The molecule has 0 heterocycles. The second-order valence-corrected chi connectivity index (χ2v) is 8.93. The van der Waals surface area contributed by atoms with Crippen molar-refractivity contribution in [2.45, 2.75) is 25.2 Å². The number of carbonyl (C=O) groups is 1. The van der Waals surface area contributed by atoms with E-state index in [2.05, 4.69) is 19.2 Å². The fraction of sp³-hybridized carbons (Fsp3) is 0.381. The summed E-state index contributed by atoms with van der Waals surface area (Å²) in [7, 11) is -0.694. The average Bonchev–Trinajstić information content (AvgIpc) is 2.71. The molecule has 2 rings (SSSR count). The Bertz CT molecular complexity index is 894.